The largest absolute Gasteiger partial charge is 0.506 e. The van der Waals surface area contributed by atoms with Gasteiger partial charge in [0.25, 0.3) is 0 Å². The Bertz CT molecular complexity index is 494. The van der Waals surface area contributed by atoms with E-state index in [1.807, 2.05) is 12.3 Å². The summed E-state index contributed by atoms with van der Waals surface area (Å²) in [5.41, 5.74) is 0.918. The van der Waals surface area contributed by atoms with Crippen LogP contribution in [0.15, 0.2) is 30.6 Å². The molecule has 1 aromatic carbocycles. The van der Waals surface area contributed by atoms with Gasteiger partial charge < -0.3 is 9.67 Å². The van der Waals surface area contributed by atoms with E-state index in [-0.39, 0.29) is 5.75 Å². The second-order valence-electron chi connectivity index (χ2n) is 3.61. The average molecular weight is 237 g/mol. The number of phenolic OH excluding ortho intramolecular Hbond substituents is 1. The highest BCUT2D eigenvalue weighted by molar-refractivity contribution is 6.32. The fraction of sp³-hybridized carbons (Fsp3) is 0.250. The van der Waals surface area contributed by atoms with Crippen molar-refractivity contribution in [2.75, 3.05) is 0 Å². The van der Waals surface area contributed by atoms with Crippen LogP contribution in [0.4, 0.5) is 0 Å². The van der Waals surface area contributed by atoms with Crippen LogP contribution < -0.4 is 0 Å². The van der Waals surface area contributed by atoms with E-state index in [9.17, 15) is 5.11 Å². The summed E-state index contributed by atoms with van der Waals surface area (Å²) in [6.07, 6.45) is 4.76. The molecule has 84 valence electrons. The number of benzene rings is 1. The molecule has 3 nitrogen and oxygen atoms in total. The first-order valence-electron chi connectivity index (χ1n) is 5.22. The van der Waals surface area contributed by atoms with Gasteiger partial charge in [-0.3, -0.25) is 0 Å². The SMILES string of the molecule is CCCn1ccnc1-c1ccc(O)c(Cl)c1. The van der Waals surface area contributed by atoms with Crippen LogP contribution >= 0.6 is 11.6 Å². The monoisotopic (exact) mass is 236 g/mol. The number of aromatic nitrogens is 2. The van der Waals surface area contributed by atoms with Crippen LogP contribution in [0.25, 0.3) is 11.4 Å². The Hall–Kier alpha value is -1.48. The lowest BCUT2D eigenvalue weighted by Gasteiger charge is -2.07. The standard InChI is InChI=1S/C12H13ClN2O/c1-2-6-15-7-5-14-12(15)9-3-4-11(16)10(13)8-9/h3-5,7-8,16H,2,6H2,1H3. The van der Waals surface area contributed by atoms with Gasteiger partial charge >= 0.3 is 0 Å². The van der Waals surface area contributed by atoms with Gasteiger partial charge in [-0.05, 0) is 24.6 Å². The molecule has 0 aliphatic carbocycles. The van der Waals surface area contributed by atoms with Crippen molar-refractivity contribution in [3.63, 3.8) is 0 Å². The highest BCUT2D eigenvalue weighted by Gasteiger charge is 2.07. The summed E-state index contributed by atoms with van der Waals surface area (Å²) >= 11 is 5.87. The zero-order valence-electron chi connectivity index (χ0n) is 9.02. The number of halogens is 1. The summed E-state index contributed by atoms with van der Waals surface area (Å²) in [4.78, 5) is 4.30. The second-order valence-corrected chi connectivity index (χ2v) is 4.02. The third-order valence-electron chi connectivity index (χ3n) is 2.39. The maximum Gasteiger partial charge on any atom is 0.139 e. The van der Waals surface area contributed by atoms with Gasteiger partial charge in [0, 0.05) is 24.5 Å². The number of imidazole rings is 1. The summed E-state index contributed by atoms with van der Waals surface area (Å²) in [6, 6.07) is 5.13. The van der Waals surface area contributed by atoms with Crippen molar-refractivity contribution in [1.29, 1.82) is 0 Å². The molecule has 0 saturated carbocycles. The first-order chi connectivity index (χ1) is 7.72. The van der Waals surface area contributed by atoms with E-state index < -0.39 is 0 Å². The Labute approximate surface area is 99.3 Å². The zero-order chi connectivity index (χ0) is 11.5. The van der Waals surface area contributed by atoms with Crippen molar-refractivity contribution in [1.82, 2.24) is 9.55 Å². The minimum absolute atomic E-state index is 0.0963. The highest BCUT2D eigenvalue weighted by Crippen LogP contribution is 2.28. The Balaban J connectivity index is 2.42. The molecule has 2 aromatic rings. The van der Waals surface area contributed by atoms with E-state index in [4.69, 9.17) is 11.6 Å². The van der Waals surface area contributed by atoms with Crippen LogP contribution in [0, 0.1) is 0 Å². The lowest BCUT2D eigenvalue weighted by molar-refractivity contribution is 0.475. The zero-order valence-corrected chi connectivity index (χ0v) is 9.78. The van der Waals surface area contributed by atoms with Gasteiger partial charge in [-0.25, -0.2) is 4.98 Å². The summed E-state index contributed by atoms with van der Waals surface area (Å²) in [7, 11) is 0. The van der Waals surface area contributed by atoms with Crippen LogP contribution in [0.5, 0.6) is 5.75 Å². The molecule has 0 saturated heterocycles. The molecule has 0 bridgehead atoms. The molecule has 0 unspecified atom stereocenters. The summed E-state index contributed by atoms with van der Waals surface area (Å²) in [6.45, 7) is 3.04. The molecule has 0 fully saturated rings. The molecule has 4 heteroatoms. The van der Waals surface area contributed by atoms with Crippen LogP contribution in [0.2, 0.25) is 5.02 Å². The van der Waals surface area contributed by atoms with E-state index in [0.717, 1.165) is 24.4 Å². The van der Waals surface area contributed by atoms with Crippen LogP contribution in [-0.2, 0) is 6.54 Å². The lowest BCUT2D eigenvalue weighted by atomic mass is 10.2. The molecule has 16 heavy (non-hydrogen) atoms. The van der Waals surface area contributed by atoms with E-state index in [1.54, 1.807) is 18.3 Å². The molecule has 1 N–H and O–H groups in total. The maximum absolute atomic E-state index is 9.35. The Morgan fingerprint density at radius 1 is 1.44 bits per heavy atom. The fourth-order valence-corrected chi connectivity index (χ4v) is 1.82. The summed E-state index contributed by atoms with van der Waals surface area (Å²) < 4.78 is 2.07. The number of aromatic hydroxyl groups is 1. The molecule has 0 atom stereocenters. The minimum Gasteiger partial charge on any atom is -0.506 e. The number of hydrogen-bond acceptors (Lipinski definition) is 2. The van der Waals surface area contributed by atoms with Gasteiger partial charge in [0.2, 0.25) is 0 Å². The van der Waals surface area contributed by atoms with Gasteiger partial charge in [-0.15, -0.1) is 0 Å². The van der Waals surface area contributed by atoms with Crippen molar-refractivity contribution in [3.8, 4) is 17.1 Å². The van der Waals surface area contributed by atoms with Crippen LogP contribution in [0.3, 0.4) is 0 Å². The molecule has 0 spiro atoms. The Kier molecular flexibility index (Phi) is 3.15. The quantitative estimate of drug-likeness (QED) is 0.888. The van der Waals surface area contributed by atoms with E-state index in [2.05, 4.69) is 16.5 Å². The number of rotatable bonds is 3. The van der Waals surface area contributed by atoms with E-state index in [1.165, 1.54) is 0 Å². The van der Waals surface area contributed by atoms with Crippen molar-refractivity contribution in [2.45, 2.75) is 19.9 Å². The normalized spacial score (nSPS) is 10.6. The van der Waals surface area contributed by atoms with Crippen molar-refractivity contribution in [2.24, 2.45) is 0 Å². The molecular weight excluding hydrogens is 224 g/mol. The lowest BCUT2D eigenvalue weighted by Crippen LogP contribution is -1.98. The summed E-state index contributed by atoms with van der Waals surface area (Å²) in [5.74, 6) is 0.975. The molecule has 0 radical (unpaired) electrons. The smallest absolute Gasteiger partial charge is 0.139 e. The summed E-state index contributed by atoms with van der Waals surface area (Å²) in [5, 5.41) is 9.71. The highest BCUT2D eigenvalue weighted by atomic mass is 35.5. The number of aryl methyl sites for hydroxylation is 1. The molecule has 1 aromatic heterocycles. The molecule has 0 amide bonds. The maximum atomic E-state index is 9.35. The molecule has 2 rings (SSSR count). The molecular formula is C12H13ClN2O. The van der Waals surface area contributed by atoms with Crippen molar-refractivity contribution >= 4 is 11.6 Å². The molecule has 1 heterocycles. The number of phenols is 1. The first-order valence-corrected chi connectivity index (χ1v) is 5.60. The van der Waals surface area contributed by atoms with Gasteiger partial charge in [0.1, 0.15) is 11.6 Å². The predicted octanol–water partition coefficient (Wildman–Crippen LogP) is 3.32. The molecule has 0 aliphatic rings. The number of nitrogens with zero attached hydrogens (tertiary/aromatic N) is 2. The predicted molar refractivity (Wildman–Crippen MR) is 64.6 cm³/mol. The minimum atomic E-state index is 0.0963. The third-order valence-corrected chi connectivity index (χ3v) is 2.69. The van der Waals surface area contributed by atoms with E-state index in [0.29, 0.717) is 5.02 Å². The second kappa shape index (κ2) is 4.58. The van der Waals surface area contributed by atoms with Crippen LogP contribution in [0.1, 0.15) is 13.3 Å². The fourth-order valence-electron chi connectivity index (χ4n) is 1.64. The van der Waals surface area contributed by atoms with Crippen LogP contribution in [-0.4, -0.2) is 14.7 Å². The number of hydrogen-bond donors (Lipinski definition) is 1. The van der Waals surface area contributed by atoms with Crippen molar-refractivity contribution in [3.05, 3.63) is 35.6 Å². The van der Waals surface area contributed by atoms with Gasteiger partial charge in [-0.2, -0.15) is 0 Å². The van der Waals surface area contributed by atoms with E-state index >= 15 is 0 Å². The Morgan fingerprint density at radius 3 is 2.94 bits per heavy atom. The van der Waals surface area contributed by atoms with Gasteiger partial charge in [0.15, 0.2) is 0 Å². The van der Waals surface area contributed by atoms with Crippen molar-refractivity contribution < 1.29 is 5.11 Å². The third kappa shape index (κ3) is 2.04. The first kappa shape index (κ1) is 11.0. The van der Waals surface area contributed by atoms with Gasteiger partial charge in [-0.1, -0.05) is 18.5 Å². The molecule has 0 aliphatic heterocycles. The van der Waals surface area contributed by atoms with Gasteiger partial charge in [0.05, 0.1) is 5.02 Å². The average Bonchev–Trinajstić information content (AvgIpc) is 2.71. The topological polar surface area (TPSA) is 38.0 Å². The Morgan fingerprint density at radius 2 is 2.25 bits per heavy atom.